The molecule has 0 aliphatic rings. The molecule has 0 atom stereocenters. The van der Waals surface area contributed by atoms with Gasteiger partial charge in [0.15, 0.2) is 0 Å². The maximum Gasteiger partial charge on any atom is 0.276 e. The minimum Gasteiger partial charge on any atom is -0.494 e. The van der Waals surface area contributed by atoms with Crippen LogP contribution in [-0.4, -0.2) is 21.2 Å². The molecule has 27 heavy (non-hydrogen) atoms. The van der Waals surface area contributed by atoms with Crippen molar-refractivity contribution >= 4 is 16.2 Å². The van der Waals surface area contributed by atoms with Crippen molar-refractivity contribution in [1.82, 2.24) is 4.83 Å². The molecule has 0 aliphatic heterocycles. The Hall–Kier alpha value is -2.34. The van der Waals surface area contributed by atoms with Crippen LogP contribution in [0.4, 0.5) is 0 Å². The van der Waals surface area contributed by atoms with Crippen molar-refractivity contribution in [2.24, 2.45) is 5.10 Å². The molecule has 2 aromatic carbocycles. The monoisotopic (exact) mass is 388 g/mol. The molecule has 0 aliphatic carbocycles. The summed E-state index contributed by atoms with van der Waals surface area (Å²) < 4.78 is 30.0. The van der Waals surface area contributed by atoms with Gasteiger partial charge in [-0.15, -0.1) is 0 Å². The fraction of sp³-hybridized carbons (Fsp3) is 0.381. The second kappa shape index (κ2) is 10.7. The molecule has 0 radical (unpaired) electrons. The third-order valence-electron chi connectivity index (χ3n) is 4.11. The van der Waals surface area contributed by atoms with Gasteiger partial charge in [-0.1, -0.05) is 50.3 Å². The Bertz CT molecular complexity index is 814. The van der Waals surface area contributed by atoms with Gasteiger partial charge in [0.05, 0.1) is 17.7 Å². The summed E-state index contributed by atoms with van der Waals surface area (Å²) in [6, 6.07) is 14.0. The Morgan fingerprint density at radius 1 is 0.963 bits per heavy atom. The highest BCUT2D eigenvalue weighted by molar-refractivity contribution is 7.89. The van der Waals surface area contributed by atoms with Crippen molar-refractivity contribution in [3.63, 3.8) is 0 Å². The molecule has 0 saturated heterocycles. The third-order valence-corrected chi connectivity index (χ3v) is 5.35. The lowest BCUT2D eigenvalue weighted by molar-refractivity contribution is 0.304. The molecule has 6 heteroatoms. The van der Waals surface area contributed by atoms with Crippen LogP contribution in [0.2, 0.25) is 0 Å². The summed E-state index contributed by atoms with van der Waals surface area (Å²) in [5, 5.41) is 3.84. The predicted molar refractivity (Wildman–Crippen MR) is 110 cm³/mol. The molecule has 0 fully saturated rings. The van der Waals surface area contributed by atoms with E-state index in [0.717, 1.165) is 23.3 Å². The zero-order valence-corrected chi connectivity index (χ0v) is 16.8. The lowest BCUT2D eigenvalue weighted by Crippen LogP contribution is -2.18. The van der Waals surface area contributed by atoms with Gasteiger partial charge < -0.3 is 4.74 Å². The normalized spacial score (nSPS) is 11.6. The van der Waals surface area contributed by atoms with Crippen molar-refractivity contribution in [1.29, 1.82) is 0 Å². The van der Waals surface area contributed by atoms with Crippen molar-refractivity contribution < 1.29 is 13.2 Å². The molecule has 0 amide bonds. The summed E-state index contributed by atoms with van der Waals surface area (Å²) in [6.07, 6.45) is 7.50. The molecule has 0 saturated carbocycles. The van der Waals surface area contributed by atoms with Gasteiger partial charge in [0, 0.05) is 0 Å². The molecule has 0 aromatic heterocycles. The highest BCUT2D eigenvalue weighted by Crippen LogP contribution is 2.13. The highest BCUT2D eigenvalue weighted by atomic mass is 32.2. The second-order valence-corrected chi connectivity index (χ2v) is 8.16. The van der Waals surface area contributed by atoms with Crippen LogP contribution in [0.3, 0.4) is 0 Å². The van der Waals surface area contributed by atoms with E-state index in [2.05, 4.69) is 16.9 Å². The van der Waals surface area contributed by atoms with Gasteiger partial charge in [-0.05, 0) is 55.3 Å². The molecule has 0 unspecified atom stereocenters. The van der Waals surface area contributed by atoms with E-state index in [1.807, 2.05) is 31.2 Å². The van der Waals surface area contributed by atoms with Crippen LogP contribution in [0.15, 0.2) is 58.5 Å². The van der Waals surface area contributed by atoms with Crippen LogP contribution >= 0.6 is 0 Å². The molecule has 2 rings (SSSR count). The van der Waals surface area contributed by atoms with Gasteiger partial charge in [-0.2, -0.15) is 13.5 Å². The van der Waals surface area contributed by atoms with Gasteiger partial charge in [0.1, 0.15) is 5.75 Å². The first-order chi connectivity index (χ1) is 13.0. The van der Waals surface area contributed by atoms with Crippen LogP contribution in [0.1, 0.15) is 50.2 Å². The molecular weight excluding hydrogens is 360 g/mol. The lowest BCUT2D eigenvalue weighted by Gasteiger charge is -2.06. The topological polar surface area (TPSA) is 67.8 Å². The molecular formula is C21H28N2O3S. The fourth-order valence-electron chi connectivity index (χ4n) is 2.49. The number of hydrogen-bond donors (Lipinski definition) is 1. The van der Waals surface area contributed by atoms with Gasteiger partial charge in [-0.3, -0.25) is 0 Å². The van der Waals surface area contributed by atoms with Crippen molar-refractivity contribution in [2.75, 3.05) is 6.61 Å². The quantitative estimate of drug-likeness (QED) is 0.346. The number of benzene rings is 2. The maximum absolute atomic E-state index is 12.2. The molecule has 0 bridgehead atoms. The van der Waals surface area contributed by atoms with Crippen LogP contribution in [0.5, 0.6) is 5.75 Å². The number of ether oxygens (including phenoxy) is 1. The number of sulfonamides is 1. The Morgan fingerprint density at radius 3 is 2.30 bits per heavy atom. The number of unbranched alkanes of at least 4 members (excludes halogenated alkanes) is 4. The standard InChI is InChI=1S/C21H28N2O3S/c1-3-4-5-6-7-16-26-20-12-10-19(11-13-20)17-22-23-27(24,25)21-14-8-18(2)9-15-21/h8-15,17,23H,3-7,16H2,1-2H3. The van der Waals surface area contributed by atoms with Crippen LogP contribution < -0.4 is 9.57 Å². The average molecular weight is 389 g/mol. The molecule has 1 N–H and O–H groups in total. The number of rotatable bonds is 11. The molecule has 146 valence electrons. The first-order valence-electron chi connectivity index (χ1n) is 9.35. The summed E-state index contributed by atoms with van der Waals surface area (Å²) >= 11 is 0. The summed E-state index contributed by atoms with van der Waals surface area (Å²) in [6.45, 7) is 4.82. The number of aryl methyl sites for hydroxylation is 1. The number of nitrogens with one attached hydrogen (secondary N) is 1. The van der Waals surface area contributed by atoms with Gasteiger partial charge in [-0.25, -0.2) is 4.83 Å². The highest BCUT2D eigenvalue weighted by Gasteiger charge is 2.11. The summed E-state index contributed by atoms with van der Waals surface area (Å²) in [5.74, 6) is 0.808. The Kier molecular flexibility index (Phi) is 8.33. The van der Waals surface area contributed by atoms with Crippen molar-refractivity contribution in [3.8, 4) is 5.75 Å². The van der Waals surface area contributed by atoms with E-state index in [1.165, 1.54) is 31.9 Å². The first-order valence-corrected chi connectivity index (χ1v) is 10.8. The van der Waals surface area contributed by atoms with Crippen molar-refractivity contribution in [2.45, 2.75) is 50.8 Å². The van der Waals surface area contributed by atoms with Crippen LogP contribution in [-0.2, 0) is 10.0 Å². The zero-order chi connectivity index (χ0) is 19.5. The molecule has 0 heterocycles. The Balaban J connectivity index is 1.80. The smallest absolute Gasteiger partial charge is 0.276 e. The molecule has 0 spiro atoms. The van der Waals surface area contributed by atoms with E-state index in [4.69, 9.17) is 4.74 Å². The minimum atomic E-state index is -3.65. The Morgan fingerprint density at radius 2 is 1.63 bits per heavy atom. The molecule has 5 nitrogen and oxygen atoms in total. The van der Waals surface area contributed by atoms with E-state index < -0.39 is 10.0 Å². The number of nitrogens with zero attached hydrogens (tertiary/aromatic N) is 1. The van der Waals surface area contributed by atoms with Crippen LogP contribution in [0.25, 0.3) is 0 Å². The second-order valence-electron chi connectivity index (χ2n) is 6.50. The number of hydrazone groups is 1. The minimum absolute atomic E-state index is 0.188. The number of hydrogen-bond acceptors (Lipinski definition) is 4. The Labute approximate surface area is 162 Å². The molecule has 2 aromatic rings. The van der Waals surface area contributed by atoms with Crippen molar-refractivity contribution in [3.05, 3.63) is 59.7 Å². The third kappa shape index (κ3) is 7.43. The first kappa shape index (κ1) is 21.0. The fourth-order valence-corrected chi connectivity index (χ4v) is 3.28. The summed E-state index contributed by atoms with van der Waals surface area (Å²) in [7, 11) is -3.65. The average Bonchev–Trinajstić information content (AvgIpc) is 2.66. The SMILES string of the molecule is CCCCCCCOc1ccc(C=NNS(=O)(=O)c2ccc(C)cc2)cc1. The maximum atomic E-state index is 12.2. The van der Waals surface area contributed by atoms with Gasteiger partial charge >= 0.3 is 0 Å². The van der Waals surface area contributed by atoms with E-state index in [1.54, 1.807) is 24.3 Å². The van der Waals surface area contributed by atoms with E-state index in [-0.39, 0.29) is 4.90 Å². The van der Waals surface area contributed by atoms with Gasteiger partial charge in [0.25, 0.3) is 10.0 Å². The zero-order valence-electron chi connectivity index (χ0n) is 16.0. The van der Waals surface area contributed by atoms with E-state index in [0.29, 0.717) is 6.61 Å². The van der Waals surface area contributed by atoms with Crippen LogP contribution in [0, 0.1) is 6.92 Å². The largest absolute Gasteiger partial charge is 0.494 e. The predicted octanol–water partition coefficient (Wildman–Crippen LogP) is 4.66. The lowest BCUT2D eigenvalue weighted by atomic mass is 10.2. The van der Waals surface area contributed by atoms with Gasteiger partial charge in [0.2, 0.25) is 0 Å². The summed E-state index contributed by atoms with van der Waals surface area (Å²) in [5.41, 5.74) is 1.79. The van der Waals surface area contributed by atoms with E-state index in [9.17, 15) is 8.42 Å². The summed E-state index contributed by atoms with van der Waals surface area (Å²) in [4.78, 5) is 2.41. The van der Waals surface area contributed by atoms with E-state index >= 15 is 0 Å².